The van der Waals surface area contributed by atoms with Crippen molar-refractivity contribution < 1.29 is 0 Å². The molecule has 0 aliphatic heterocycles. The molecule has 2 aromatic rings. The van der Waals surface area contributed by atoms with Gasteiger partial charge in [-0.05, 0) is 0 Å². The van der Waals surface area contributed by atoms with Crippen molar-refractivity contribution in [1.82, 2.24) is 0 Å². The zero-order valence-electron chi connectivity index (χ0n) is 10.5. The first kappa shape index (κ1) is 12.0. The highest BCUT2D eigenvalue weighted by atomic mass is 13.9. The van der Waals surface area contributed by atoms with Crippen LogP contribution in [0.1, 0.15) is 19.8 Å². The quantitative estimate of drug-likeness (QED) is 0.682. The molecule has 0 aromatic heterocycles. The molecule has 0 radical (unpaired) electrons. The Hall–Kier alpha value is -1.50. The van der Waals surface area contributed by atoms with Gasteiger partial charge in [-0.2, -0.15) is 0 Å². The SMILES string of the molecule is CCCCB(c1ccccc1)c1ccccc1. The zero-order chi connectivity index (χ0) is 11.9. The molecule has 0 bridgehead atoms. The Morgan fingerprint density at radius 2 is 1.24 bits per heavy atom. The average Bonchev–Trinajstić information content (AvgIpc) is 2.42. The highest BCUT2D eigenvalue weighted by Gasteiger charge is 2.17. The van der Waals surface area contributed by atoms with Crippen molar-refractivity contribution in [3.8, 4) is 0 Å². The van der Waals surface area contributed by atoms with Gasteiger partial charge in [-0.1, -0.05) is 97.7 Å². The van der Waals surface area contributed by atoms with Crippen LogP contribution >= 0.6 is 0 Å². The summed E-state index contributed by atoms with van der Waals surface area (Å²) in [5, 5.41) is 0. The number of hydrogen-bond donors (Lipinski definition) is 0. The maximum Gasteiger partial charge on any atom is 0.209 e. The second-order valence-electron chi connectivity index (χ2n) is 4.52. The van der Waals surface area contributed by atoms with E-state index in [1.54, 1.807) is 0 Å². The number of hydrogen-bond acceptors (Lipinski definition) is 0. The second kappa shape index (κ2) is 6.29. The van der Waals surface area contributed by atoms with Gasteiger partial charge in [-0.3, -0.25) is 0 Å². The van der Waals surface area contributed by atoms with Gasteiger partial charge in [0.1, 0.15) is 0 Å². The monoisotopic (exact) mass is 222 g/mol. The van der Waals surface area contributed by atoms with Gasteiger partial charge in [-0.15, -0.1) is 0 Å². The Kier molecular flexibility index (Phi) is 4.43. The lowest BCUT2D eigenvalue weighted by Gasteiger charge is -2.14. The lowest BCUT2D eigenvalue weighted by molar-refractivity contribution is 0.878. The van der Waals surface area contributed by atoms with Crippen molar-refractivity contribution >= 4 is 17.6 Å². The molecule has 1 heteroatoms. The molecule has 0 unspecified atom stereocenters. The van der Waals surface area contributed by atoms with Gasteiger partial charge in [0.2, 0.25) is 6.71 Å². The van der Waals surface area contributed by atoms with Crippen LogP contribution in [0, 0.1) is 0 Å². The minimum atomic E-state index is 0.553. The summed E-state index contributed by atoms with van der Waals surface area (Å²) >= 11 is 0. The molecule has 0 heterocycles. The van der Waals surface area contributed by atoms with Crippen LogP contribution in [-0.4, -0.2) is 6.71 Å². The van der Waals surface area contributed by atoms with Gasteiger partial charge in [0, 0.05) is 0 Å². The van der Waals surface area contributed by atoms with Crippen molar-refractivity contribution in [2.24, 2.45) is 0 Å². The third-order valence-corrected chi connectivity index (χ3v) is 3.25. The molecule has 0 aliphatic carbocycles. The summed E-state index contributed by atoms with van der Waals surface area (Å²) in [5.41, 5.74) is 2.87. The Labute approximate surface area is 105 Å². The van der Waals surface area contributed by atoms with E-state index in [4.69, 9.17) is 0 Å². The van der Waals surface area contributed by atoms with Crippen LogP contribution in [0.3, 0.4) is 0 Å². The Bertz CT molecular complexity index is 382. The molecule has 0 aliphatic rings. The number of benzene rings is 2. The fraction of sp³-hybridized carbons (Fsp3) is 0.250. The van der Waals surface area contributed by atoms with E-state index in [9.17, 15) is 0 Å². The van der Waals surface area contributed by atoms with Crippen molar-refractivity contribution in [3.05, 3.63) is 60.7 Å². The molecule has 0 fully saturated rings. The second-order valence-corrected chi connectivity index (χ2v) is 4.52. The molecule has 0 amide bonds. The summed E-state index contributed by atoms with van der Waals surface area (Å²) in [7, 11) is 0. The molecular weight excluding hydrogens is 203 g/mol. The number of unbranched alkanes of at least 4 members (excludes halogenated alkanes) is 1. The van der Waals surface area contributed by atoms with E-state index in [-0.39, 0.29) is 0 Å². The Morgan fingerprint density at radius 1 is 0.765 bits per heavy atom. The maximum absolute atomic E-state index is 2.26. The molecule has 0 spiro atoms. The van der Waals surface area contributed by atoms with E-state index in [1.165, 1.54) is 30.1 Å². The van der Waals surface area contributed by atoms with Gasteiger partial charge in [-0.25, -0.2) is 0 Å². The first-order chi connectivity index (χ1) is 8.42. The largest absolute Gasteiger partial charge is 0.209 e. The Morgan fingerprint density at radius 3 is 1.65 bits per heavy atom. The van der Waals surface area contributed by atoms with Gasteiger partial charge in [0.05, 0.1) is 0 Å². The predicted molar refractivity (Wildman–Crippen MR) is 77.6 cm³/mol. The molecule has 0 saturated carbocycles. The zero-order valence-corrected chi connectivity index (χ0v) is 10.5. The fourth-order valence-electron chi connectivity index (χ4n) is 2.30. The molecule has 86 valence electrons. The van der Waals surface area contributed by atoms with Gasteiger partial charge in [0.15, 0.2) is 0 Å². The van der Waals surface area contributed by atoms with Crippen molar-refractivity contribution in [2.75, 3.05) is 0 Å². The standard InChI is InChI=1S/C16H19B/c1-2-3-14-17(15-10-6-4-7-11-15)16-12-8-5-9-13-16/h4-13H,2-3,14H2,1H3. The fourth-order valence-corrected chi connectivity index (χ4v) is 2.30. The molecule has 0 N–H and O–H groups in total. The van der Waals surface area contributed by atoms with E-state index < -0.39 is 0 Å². The van der Waals surface area contributed by atoms with Crippen LogP contribution in [0.25, 0.3) is 0 Å². The minimum absolute atomic E-state index is 0.553. The van der Waals surface area contributed by atoms with Crippen molar-refractivity contribution in [2.45, 2.75) is 26.1 Å². The first-order valence-electron chi connectivity index (χ1n) is 6.51. The number of rotatable bonds is 5. The summed E-state index contributed by atoms with van der Waals surface area (Å²) in [6.07, 6.45) is 3.79. The summed E-state index contributed by atoms with van der Waals surface area (Å²) in [5.74, 6) is 0. The molecule has 2 aromatic carbocycles. The van der Waals surface area contributed by atoms with E-state index in [2.05, 4.69) is 67.6 Å². The van der Waals surface area contributed by atoms with Crippen LogP contribution in [0.15, 0.2) is 60.7 Å². The van der Waals surface area contributed by atoms with Crippen LogP contribution in [-0.2, 0) is 0 Å². The third kappa shape index (κ3) is 3.23. The van der Waals surface area contributed by atoms with E-state index in [1.807, 2.05) is 0 Å². The van der Waals surface area contributed by atoms with Crippen LogP contribution in [0.5, 0.6) is 0 Å². The summed E-state index contributed by atoms with van der Waals surface area (Å²) in [6, 6.07) is 21.7. The molecule has 0 nitrogen and oxygen atoms in total. The molecular formula is C16H19B. The lowest BCUT2D eigenvalue weighted by atomic mass is 9.38. The lowest BCUT2D eigenvalue weighted by Crippen LogP contribution is -2.41. The van der Waals surface area contributed by atoms with Crippen LogP contribution < -0.4 is 10.9 Å². The highest BCUT2D eigenvalue weighted by molar-refractivity contribution is 6.85. The third-order valence-electron chi connectivity index (χ3n) is 3.25. The highest BCUT2D eigenvalue weighted by Crippen LogP contribution is 2.03. The van der Waals surface area contributed by atoms with Gasteiger partial charge < -0.3 is 0 Å². The van der Waals surface area contributed by atoms with Crippen molar-refractivity contribution in [1.29, 1.82) is 0 Å². The first-order valence-corrected chi connectivity index (χ1v) is 6.51. The van der Waals surface area contributed by atoms with Crippen LogP contribution in [0.4, 0.5) is 0 Å². The summed E-state index contributed by atoms with van der Waals surface area (Å²) in [4.78, 5) is 0. The topological polar surface area (TPSA) is 0 Å². The normalized spacial score (nSPS) is 10.2. The van der Waals surface area contributed by atoms with E-state index >= 15 is 0 Å². The smallest absolute Gasteiger partial charge is 0.0742 e. The van der Waals surface area contributed by atoms with Gasteiger partial charge >= 0.3 is 0 Å². The predicted octanol–water partition coefficient (Wildman–Crippen LogP) is 3.10. The van der Waals surface area contributed by atoms with Crippen LogP contribution in [0.2, 0.25) is 6.32 Å². The Balaban J connectivity index is 2.26. The molecule has 0 saturated heterocycles. The van der Waals surface area contributed by atoms with Gasteiger partial charge in [0.25, 0.3) is 0 Å². The van der Waals surface area contributed by atoms with E-state index in [0.717, 1.165) is 0 Å². The molecule has 2 rings (SSSR count). The summed E-state index contributed by atoms with van der Waals surface area (Å²) < 4.78 is 0. The van der Waals surface area contributed by atoms with E-state index in [0.29, 0.717) is 6.71 Å². The van der Waals surface area contributed by atoms with Crippen molar-refractivity contribution in [3.63, 3.8) is 0 Å². The molecule has 0 atom stereocenters. The molecule has 17 heavy (non-hydrogen) atoms. The average molecular weight is 222 g/mol. The minimum Gasteiger partial charge on any atom is -0.0742 e. The summed E-state index contributed by atoms with van der Waals surface area (Å²) in [6.45, 7) is 2.81. The maximum atomic E-state index is 2.26.